The molecule has 1 aliphatic carbocycles. The first-order valence-electron chi connectivity index (χ1n) is 9.93. The molecule has 0 unspecified atom stereocenters. The number of aromatic nitrogens is 2. The molecule has 2 heterocycles. The van der Waals surface area contributed by atoms with E-state index in [0.29, 0.717) is 11.8 Å². The van der Waals surface area contributed by atoms with Crippen molar-refractivity contribution in [1.82, 2.24) is 9.38 Å². The van der Waals surface area contributed by atoms with Gasteiger partial charge in [-0.2, -0.15) is 0 Å². The topological polar surface area (TPSA) is 37.5 Å². The fourth-order valence-corrected chi connectivity index (χ4v) is 4.78. The Morgan fingerprint density at radius 2 is 1.89 bits per heavy atom. The van der Waals surface area contributed by atoms with Crippen LogP contribution in [0.4, 0.5) is 0 Å². The number of halogens is 1. The number of hydrogen-bond acceptors (Lipinski definition) is 2. The van der Waals surface area contributed by atoms with E-state index < -0.39 is 6.10 Å². The smallest absolute Gasteiger partial charge is 0.0995 e. The molecule has 1 N–H and O–H groups in total. The Morgan fingerprint density at radius 1 is 1.11 bits per heavy atom. The monoisotopic (exact) mass is 382 g/mol. The largest absolute Gasteiger partial charge is 0.387 e. The zero-order valence-corrected chi connectivity index (χ0v) is 16.7. The summed E-state index contributed by atoms with van der Waals surface area (Å²) in [6.45, 7) is 4.37. The van der Waals surface area contributed by atoms with Crippen molar-refractivity contribution in [1.29, 1.82) is 0 Å². The van der Waals surface area contributed by atoms with Gasteiger partial charge in [0.25, 0.3) is 0 Å². The first-order valence-corrected chi connectivity index (χ1v) is 10.3. The third kappa shape index (κ3) is 3.63. The van der Waals surface area contributed by atoms with Gasteiger partial charge in [0.05, 0.1) is 29.8 Å². The number of pyridine rings is 1. The molecule has 0 radical (unpaired) electrons. The number of benzene rings is 1. The van der Waals surface area contributed by atoms with Gasteiger partial charge in [-0.15, -0.1) is 0 Å². The Hall–Kier alpha value is -1.84. The van der Waals surface area contributed by atoms with Gasteiger partial charge in [0, 0.05) is 5.02 Å². The highest BCUT2D eigenvalue weighted by Crippen LogP contribution is 2.42. The summed E-state index contributed by atoms with van der Waals surface area (Å²) in [6.07, 6.45) is 7.48. The maximum absolute atomic E-state index is 11.3. The molecule has 1 aliphatic rings. The van der Waals surface area contributed by atoms with Crippen molar-refractivity contribution in [2.45, 2.75) is 57.5 Å². The Balaban J connectivity index is 1.56. The lowest BCUT2D eigenvalue weighted by molar-refractivity contribution is 0.0752. The second-order valence-corrected chi connectivity index (χ2v) is 8.57. The number of hydrogen-bond donors (Lipinski definition) is 1. The van der Waals surface area contributed by atoms with E-state index in [0.717, 1.165) is 41.9 Å². The van der Waals surface area contributed by atoms with Crippen LogP contribution in [0.1, 0.15) is 74.3 Å². The molecular formula is C23H27ClN2O. The summed E-state index contributed by atoms with van der Waals surface area (Å²) >= 11 is 6.17. The van der Waals surface area contributed by atoms with E-state index in [4.69, 9.17) is 11.6 Å². The molecule has 0 aliphatic heterocycles. The van der Waals surface area contributed by atoms with Crippen LogP contribution in [0, 0.1) is 5.92 Å². The predicted octanol–water partition coefficient (Wildman–Crippen LogP) is 6.12. The normalized spacial score (nSPS) is 21.7. The Bertz CT molecular complexity index is 925. The number of aliphatic hydroxyl groups is 1. The highest BCUT2D eigenvalue weighted by molar-refractivity contribution is 6.30. The summed E-state index contributed by atoms with van der Waals surface area (Å²) in [5.74, 6) is 1.19. The van der Waals surface area contributed by atoms with Crippen LogP contribution >= 0.6 is 11.6 Å². The van der Waals surface area contributed by atoms with Crippen LogP contribution in [0.25, 0.3) is 5.52 Å². The average Bonchev–Trinajstić information content (AvgIpc) is 3.15. The van der Waals surface area contributed by atoms with Crippen molar-refractivity contribution in [2.24, 2.45) is 5.92 Å². The van der Waals surface area contributed by atoms with Crippen LogP contribution in [0.15, 0.2) is 48.9 Å². The molecule has 1 aromatic carbocycles. The number of fused-ring (bicyclic) bond motifs is 1. The van der Waals surface area contributed by atoms with E-state index in [-0.39, 0.29) is 5.92 Å². The standard InChI is InChI=1S/C23H27ClN2O/c1-15(2)21-11-10-20-13-25-14-26(20)22(21)23(27)17-8-6-16(7-9-17)18-4-3-5-19(24)12-18/h3-5,10-17,23,27H,6-9H2,1-2H3/t16-,17-,23-/m0/s1. The summed E-state index contributed by atoms with van der Waals surface area (Å²) < 4.78 is 2.07. The van der Waals surface area contributed by atoms with Gasteiger partial charge in [-0.25, -0.2) is 4.98 Å². The van der Waals surface area contributed by atoms with E-state index in [1.54, 1.807) is 0 Å². The minimum Gasteiger partial charge on any atom is -0.387 e. The van der Waals surface area contributed by atoms with Crippen molar-refractivity contribution >= 4 is 17.1 Å². The van der Waals surface area contributed by atoms with Crippen molar-refractivity contribution in [2.75, 3.05) is 0 Å². The first kappa shape index (κ1) is 18.5. The summed E-state index contributed by atoms with van der Waals surface area (Å²) in [6, 6.07) is 12.5. The van der Waals surface area contributed by atoms with Crippen molar-refractivity contribution in [3.05, 3.63) is 70.8 Å². The lowest BCUT2D eigenvalue weighted by Gasteiger charge is -2.33. The van der Waals surface area contributed by atoms with E-state index in [1.165, 1.54) is 11.1 Å². The Morgan fingerprint density at radius 3 is 2.59 bits per heavy atom. The van der Waals surface area contributed by atoms with Gasteiger partial charge < -0.3 is 9.51 Å². The minimum atomic E-state index is -0.458. The fraction of sp³-hybridized carbons (Fsp3) is 0.435. The van der Waals surface area contributed by atoms with Gasteiger partial charge in [-0.05, 0) is 72.8 Å². The third-order valence-corrected chi connectivity index (χ3v) is 6.33. The SMILES string of the molecule is CC(C)c1ccc2cncn2c1[C@@H](O)[C@H]1CC[C@H](c2cccc(Cl)c2)CC1. The van der Waals surface area contributed by atoms with Crippen LogP contribution in [0.5, 0.6) is 0 Å². The van der Waals surface area contributed by atoms with Crippen molar-refractivity contribution in [3.63, 3.8) is 0 Å². The van der Waals surface area contributed by atoms with Gasteiger partial charge in [0.2, 0.25) is 0 Å². The molecule has 4 rings (SSSR count). The van der Waals surface area contributed by atoms with Crippen LogP contribution in [0.3, 0.4) is 0 Å². The predicted molar refractivity (Wildman–Crippen MR) is 110 cm³/mol. The summed E-state index contributed by atoms with van der Waals surface area (Å²) in [5.41, 5.74) is 4.60. The molecule has 0 bridgehead atoms. The molecule has 0 amide bonds. The van der Waals surface area contributed by atoms with Gasteiger partial charge in [0.15, 0.2) is 0 Å². The van der Waals surface area contributed by atoms with E-state index >= 15 is 0 Å². The molecule has 4 heteroatoms. The van der Waals surface area contributed by atoms with Crippen LogP contribution in [0.2, 0.25) is 5.02 Å². The molecule has 2 aromatic heterocycles. The third-order valence-electron chi connectivity index (χ3n) is 6.10. The van der Waals surface area contributed by atoms with E-state index in [1.807, 2.05) is 24.7 Å². The number of imidazole rings is 1. The molecular weight excluding hydrogens is 356 g/mol. The molecule has 1 saturated carbocycles. The highest BCUT2D eigenvalue weighted by Gasteiger charge is 2.31. The zero-order chi connectivity index (χ0) is 19.0. The first-order chi connectivity index (χ1) is 13.0. The molecule has 1 atom stereocenters. The fourth-order valence-electron chi connectivity index (χ4n) is 4.58. The minimum absolute atomic E-state index is 0.283. The molecule has 27 heavy (non-hydrogen) atoms. The van der Waals surface area contributed by atoms with E-state index in [9.17, 15) is 5.11 Å². The lowest BCUT2D eigenvalue weighted by Crippen LogP contribution is -2.22. The van der Waals surface area contributed by atoms with Gasteiger partial charge in [-0.1, -0.05) is 43.6 Å². The second kappa shape index (κ2) is 7.65. The molecule has 3 nitrogen and oxygen atoms in total. The maximum atomic E-state index is 11.3. The number of rotatable bonds is 4. The van der Waals surface area contributed by atoms with Gasteiger partial charge >= 0.3 is 0 Å². The summed E-state index contributed by atoms with van der Waals surface area (Å²) in [5, 5.41) is 12.1. The maximum Gasteiger partial charge on any atom is 0.0995 e. The van der Waals surface area contributed by atoms with Crippen LogP contribution < -0.4 is 0 Å². The van der Waals surface area contributed by atoms with Crippen LogP contribution in [-0.2, 0) is 0 Å². The highest BCUT2D eigenvalue weighted by atomic mass is 35.5. The Labute approximate surface area is 166 Å². The number of nitrogens with zero attached hydrogens (tertiary/aromatic N) is 2. The van der Waals surface area contributed by atoms with Crippen molar-refractivity contribution < 1.29 is 5.11 Å². The van der Waals surface area contributed by atoms with Gasteiger partial charge in [-0.3, -0.25) is 0 Å². The molecule has 1 fully saturated rings. The van der Waals surface area contributed by atoms with E-state index in [2.05, 4.69) is 47.5 Å². The summed E-state index contributed by atoms with van der Waals surface area (Å²) in [7, 11) is 0. The quantitative estimate of drug-likeness (QED) is 0.590. The molecule has 3 aromatic rings. The molecule has 0 spiro atoms. The van der Waals surface area contributed by atoms with Gasteiger partial charge in [0.1, 0.15) is 0 Å². The average molecular weight is 383 g/mol. The second-order valence-electron chi connectivity index (χ2n) is 8.13. The zero-order valence-electron chi connectivity index (χ0n) is 16.0. The Kier molecular flexibility index (Phi) is 5.25. The number of aliphatic hydroxyl groups excluding tert-OH is 1. The van der Waals surface area contributed by atoms with Crippen molar-refractivity contribution in [3.8, 4) is 0 Å². The van der Waals surface area contributed by atoms with Crippen LogP contribution in [-0.4, -0.2) is 14.5 Å². The lowest BCUT2D eigenvalue weighted by atomic mass is 9.75. The summed E-state index contributed by atoms with van der Waals surface area (Å²) in [4.78, 5) is 4.29. The molecule has 142 valence electrons. The molecule has 0 saturated heterocycles.